The highest BCUT2D eigenvalue weighted by Gasteiger charge is 2.27. The Morgan fingerprint density at radius 3 is 2.45 bits per heavy atom. The molecule has 174 valence electrons. The van der Waals surface area contributed by atoms with E-state index in [9.17, 15) is 9.59 Å². The molecule has 0 bridgehead atoms. The Balaban J connectivity index is 1.75. The Hall–Kier alpha value is -3.24. The molecule has 2 aromatic heterocycles. The molecule has 3 aromatic rings. The minimum Gasteiger partial charge on any atom is -0.462 e. The summed E-state index contributed by atoms with van der Waals surface area (Å²) in [4.78, 5) is 25.2. The minimum atomic E-state index is -0.533. The number of nitrogens with zero attached hydrogens (tertiary/aromatic N) is 2. The van der Waals surface area contributed by atoms with Crippen molar-refractivity contribution < 1.29 is 19.1 Å². The number of anilines is 2. The first-order chi connectivity index (χ1) is 15.8. The zero-order valence-corrected chi connectivity index (χ0v) is 20.6. The molecule has 2 heterocycles. The first kappa shape index (κ1) is 24.4. The smallest absolute Gasteiger partial charge is 0.348 e. The van der Waals surface area contributed by atoms with Gasteiger partial charge in [0.1, 0.15) is 9.88 Å². The van der Waals surface area contributed by atoms with E-state index in [-0.39, 0.29) is 23.9 Å². The highest BCUT2D eigenvalue weighted by atomic mass is 32.1. The summed E-state index contributed by atoms with van der Waals surface area (Å²) in [6.45, 7) is 8.27. The number of esters is 2. The van der Waals surface area contributed by atoms with Crippen LogP contribution in [0.3, 0.4) is 0 Å². The predicted molar refractivity (Wildman–Crippen MR) is 133 cm³/mol. The van der Waals surface area contributed by atoms with Crippen molar-refractivity contribution in [2.75, 3.05) is 23.8 Å². The van der Waals surface area contributed by atoms with Gasteiger partial charge in [0.25, 0.3) is 0 Å². The lowest BCUT2D eigenvalue weighted by molar-refractivity contribution is 0.0527. The van der Waals surface area contributed by atoms with Gasteiger partial charge in [-0.3, -0.25) is 4.68 Å². The zero-order valence-electron chi connectivity index (χ0n) is 18.9. The number of carbonyl (C=O) groups excluding carboxylic acids is 2. The number of benzene rings is 1. The fraction of sp³-hybridized carbons (Fsp3) is 0.304. The SMILES string of the molecule is CCOC(=O)c1sc(NC(=S)Nc2ccn(Cc3ccccc3C)n2)c(C(=O)OCC)c1C. The predicted octanol–water partition coefficient (Wildman–Crippen LogP) is 4.77. The van der Waals surface area contributed by atoms with Gasteiger partial charge in [-0.2, -0.15) is 5.10 Å². The molecule has 33 heavy (non-hydrogen) atoms. The van der Waals surface area contributed by atoms with Crippen LogP contribution >= 0.6 is 23.6 Å². The minimum absolute atomic E-state index is 0.212. The normalized spacial score (nSPS) is 10.5. The van der Waals surface area contributed by atoms with E-state index < -0.39 is 11.9 Å². The maximum absolute atomic E-state index is 12.5. The Morgan fingerprint density at radius 1 is 1.06 bits per heavy atom. The molecule has 3 rings (SSSR count). The largest absolute Gasteiger partial charge is 0.462 e. The number of aromatic nitrogens is 2. The van der Waals surface area contributed by atoms with Crippen LogP contribution in [0, 0.1) is 13.8 Å². The van der Waals surface area contributed by atoms with E-state index in [0.29, 0.717) is 27.8 Å². The molecule has 0 aliphatic rings. The second-order valence-electron chi connectivity index (χ2n) is 7.11. The quantitative estimate of drug-likeness (QED) is 0.347. The molecule has 0 radical (unpaired) electrons. The molecule has 10 heteroatoms. The van der Waals surface area contributed by atoms with Gasteiger partial charge in [0.2, 0.25) is 0 Å². The van der Waals surface area contributed by atoms with Crippen molar-refractivity contribution in [3.05, 3.63) is 63.7 Å². The van der Waals surface area contributed by atoms with Crippen molar-refractivity contribution in [1.29, 1.82) is 0 Å². The monoisotopic (exact) mass is 486 g/mol. The summed E-state index contributed by atoms with van der Waals surface area (Å²) in [6, 6.07) is 9.93. The molecular formula is C23H26N4O4S2. The number of carbonyl (C=O) groups is 2. The summed E-state index contributed by atoms with van der Waals surface area (Å²) in [6.07, 6.45) is 1.86. The first-order valence-corrected chi connectivity index (χ1v) is 11.7. The molecule has 0 atom stereocenters. The van der Waals surface area contributed by atoms with Crippen molar-refractivity contribution in [1.82, 2.24) is 9.78 Å². The fourth-order valence-electron chi connectivity index (χ4n) is 3.17. The third-order valence-electron chi connectivity index (χ3n) is 4.79. The maximum atomic E-state index is 12.5. The van der Waals surface area contributed by atoms with Crippen molar-refractivity contribution >= 4 is 51.4 Å². The average molecular weight is 487 g/mol. The Bertz CT molecular complexity index is 1170. The number of aryl methyl sites for hydroxylation is 1. The van der Waals surface area contributed by atoms with Gasteiger partial charge < -0.3 is 20.1 Å². The van der Waals surface area contributed by atoms with Gasteiger partial charge in [0, 0.05) is 12.3 Å². The Morgan fingerprint density at radius 2 is 1.76 bits per heavy atom. The number of rotatable bonds is 8. The molecular weight excluding hydrogens is 460 g/mol. The molecule has 0 amide bonds. The van der Waals surface area contributed by atoms with E-state index in [1.807, 2.05) is 29.1 Å². The number of ether oxygens (including phenoxy) is 2. The topological polar surface area (TPSA) is 94.5 Å². The Kier molecular flexibility index (Phi) is 8.18. The molecule has 0 aliphatic heterocycles. The van der Waals surface area contributed by atoms with Gasteiger partial charge in [-0.25, -0.2) is 9.59 Å². The van der Waals surface area contributed by atoms with Crippen LogP contribution < -0.4 is 10.6 Å². The van der Waals surface area contributed by atoms with E-state index >= 15 is 0 Å². The number of nitrogens with one attached hydrogen (secondary N) is 2. The van der Waals surface area contributed by atoms with Crippen LogP contribution in [-0.4, -0.2) is 40.0 Å². The lowest BCUT2D eigenvalue weighted by atomic mass is 10.1. The van der Waals surface area contributed by atoms with Crippen LogP contribution in [0.5, 0.6) is 0 Å². The molecule has 0 spiro atoms. The van der Waals surface area contributed by atoms with Crippen LogP contribution in [0.25, 0.3) is 0 Å². The van der Waals surface area contributed by atoms with Crippen molar-refractivity contribution in [3.63, 3.8) is 0 Å². The van der Waals surface area contributed by atoms with E-state index in [1.165, 1.54) is 11.1 Å². The van der Waals surface area contributed by atoms with E-state index in [2.05, 4.69) is 34.8 Å². The summed E-state index contributed by atoms with van der Waals surface area (Å²) in [5.74, 6) is -0.473. The van der Waals surface area contributed by atoms with Gasteiger partial charge in [0.05, 0.1) is 25.3 Å². The summed E-state index contributed by atoms with van der Waals surface area (Å²) < 4.78 is 12.1. The first-order valence-electron chi connectivity index (χ1n) is 10.5. The van der Waals surface area contributed by atoms with E-state index in [4.69, 9.17) is 21.7 Å². The molecule has 2 N–H and O–H groups in total. The second kappa shape index (κ2) is 11.1. The van der Waals surface area contributed by atoms with Crippen LogP contribution in [0.15, 0.2) is 36.5 Å². The van der Waals surface area contributed by atoms with Crippen LogP contribution in [0.1, 0.15) is 50.6 Å². The lowest BCUT2D eigenvalue weighted by Gasteiger charge is -2.10. The van der Waals surface area contributed by atoms with Crippen molar-refractivity contribution in [2.45, 2.75) is 34.2 Å². The van der Waals surface area contributed by atoms with Crippen molar-refractivity contribution in [3.8, 4) is 0 Å². The standard InChI is InChI=1S/C23H26N4O4S2/c1-5-30-21(28)18-15(4)19(22(29)31-6-2)33-20(18)25-23(32)24-17-11-12-27(26-17)13-16-10-8-7-9-14(16)3/h7-12H,5-6,13H2,1-4H3,(H2,24,25,26,32). The van der Waals surface area contributed by atoms with Gasteiger partial charge in [-0.15, -0.1) is 11.3 Å². The average Bonchev–Trinajstić information content (AvgIpc) is 3.33. The third-order valence-corrected chi connectivity index (χ3v) is 6.18. The lowest BCUT2D eigenvalue weighted by Crippen LogP contribution is -2.20. The number of hydrogen-bond acceptors (Lipinski definition) is 7. The number of thiophene rings is 1. The molecule has 0 saturated carbocycles. The van der Waals surface area contributed by atoms with Gasteiger partial charge >= 0.3 is 11.9 Å². The number of thiocarbonyl (C=S) groups is 1. The fourth-order valence-corrected chi connectivity index (χ4v) is 4.54. The molecule has 0 fully saturated rings. The summed E-state index contributed by atoms with van der Waals surface area (Å²) in [7, 11) is 0. The van der Waals surface area contributed by atoms with Gasteiger partial charge in [-0.1, -0.05) is 24.3 Å². The summed E-state index contributed by atoms with van der Waals surface area (Å²) in [5.41, 5.74) is 3.12. The Labute approximate surface area is 201 Å². The maximum Gasteiger partial charge on any atom is 0.348 e. The molecule has 0 unspecified atom stereocenters. The summed E-state index contributed by atoms with van der Waals surface area (Å²) in [5, 5.41) is 11.2. The van der Waals surface area contributed by atoms with Crippen LogP contribution in [0.2, 0.25) is 0 Å². The van der Waals surface area contributed by atoms with Crippen LogP contribution in [0.4, 0.5) is 10.8 Å². The molecule has 0 saturated heterocycles. The van der Waals surface area contributed by atoms with Gasteiger partial charge in [0.15, 0.2) is 10.9 Å². The highest BCUT2D eigenvalue weighted by Crippen LogP contribution is 2.34. The second-order valence-corrected chi connectivity index (χ2v) is 8.53. The molecule has 0 aliphatic carbocycles. The van der Waals surface area contributed by atoms with Gasteiger partial charge in [-0.05, 0) is 56.6 Å². The molecule has 8 nitrogen and oxygen atoms in total. The van der Waals surface area contributed by atoms with Crippen molar-refractivity contribution in [2.24, 2.45) is 0 Å². The summed E-state index contributed by atoms with van der Waals surface area (Å²) >= 11 is 6.52. The van der Waals surface area contributed by atoms with E-state index in [1.54, 1.807) is 20.8 Å². The van der Waals surface area contributed by atoms with Crippen LogP contribution in [-0.2, 0) is 16.0 Å². The highest BCUT2D eigenvalue weighted by molar-refractivity contribution is 7.80. The van der Waals surface area contributed by atoms with E-state index in [0.717, 1.165) is 11.3 Å². The number of hydrogen-bond donors (Lipinski definition) is 2. The zero-order chi connectivity index (χ0) is 24.0. The third kappa shape index (κ3) is 5.96. The molecule has 1 aromatic carbocycles.